The molecule has 0 N–H and O–H groups in total. The molecule has 2 aliphatic rings. The maximum absolute atomic E-state index is 13.6. The van der Waals surface area contributed by atoms with Gasteiger partial charge in [-0.05, 0) is 59.5 Å². The van der Waals surface area contributed by atoms with Crippen molar-refractivity contribution >= 4 is 45.8 Å². The fourth-order valence-corrected chi connectivity index (χ4v) is 5.18. The van der Waals surface area contributed by atoms with E-state index in [1.807, 2.05) is 24.3 Å². The molecular weight excluding hydrogens is 464 g/mol. The second kappa shape index (κ2) is 7.96. The number of β-lactam (4-membered cyclic amide) rings is 1. The zero-order valence-electron chi connectivity index (χ0n) is 18.6. The number of carbonyl (C=O) groups excluding carboxylic acids is 3. The Hall–Kier alpha value is -4.16. The van der Waals surface area contributed by atoms with Crippen LogP contribution in [-0.4, -0.2) is 35.8 Å². The van der Waals surface area contributed by atoms with Crippen LogP contribution in [0.25, 0.3) is 10.8 Å². The first-order chi connectivity index (χ1) is 17.0. The molecular formula is C28H19ClN2O4. The first-order valence-electron chi connectivity index (χ1n) is 11.1. The van der Waals surface area contributed by atoms with Crippen molar-refractivity contribution in [2.24, 2.45) is 0 Å². The second-order valence-corrected chi connectivity index (χ2v) is 8.97. The molecule has 0 saturated carbocycles. The van der Waals surface area contributed by atoms with E-state index in [1.54, 1.807) is 72.7 Å². The SMILES string of the molecule is COc1ccc(N2C(=O)[C@@H](N3C(=O)c4cccc5cccc(c45)C3=O)[C@@H]2c2ccc(Cl)cc2)cc1. The number of rotatable bonds is 4. The van der Waals surface area contributed by atoms with Crippen molar-refractivity contribution in [1.29, 1.82) is 0 Å². The van der Waals surface area contributed by atoms with Crippen LogP contribution in [0, 0.1) is 0 Å². The van der Waals surface area contributed by atoms with Crippen molar-refractivity contribution in [1.82, 2.24) is 4.90 Å². The summed E-state index contributed by atoms with van der Waals surface area (Å²) in [6.45, 7) is 0. The molecule has 0 spiro atoms. The number of halogens is 1. The van der Waals surface area contributed by atoms with E-state index in [1.165, 1.54) is 0 Å². The van der Waals surface area contributed by atoms with Gasteiger partial charge >= 0.3 is 0 Å². The molecule has 35 heavy (non-hydrogen) atoms. The van der Waals surface area contributed by atoms with E-state index in [2.05, 4.69) is 0 Å². The summed E-state index contributed by atoms with van der Waals surface area (Å²) >= 11 is 6.11. The number of amides is 3. The third-order valence-electron chi connectivity index (χ3n) is 6.71. The van der Waals surface area contributed by atoms with Gasteiger partial charge in [0.15, 0.2) is 0 Å². The topological polar surface area (TPSA) is 66.9 Å². The largest absolute Gasteiger partial charge is 0.497 e. The van der Waals surface area contributed by atoms with Crippen molar-refractivity contribution in [2.75, 3.05) is 12.0 Å². The van der Waals surface area contributed by atoms with Gasteiger partial charge in [0.2, 0.25) is 0 Å². The van der Waals surface area contributed by atoms with Crippen LogP contribution >= 0.6 is 11.6 Å². The van der Waals surface area contributed by atoms with Gasteiger partial charge in [-0.25, -0.2) is 0 Å². The summed E-state index contributed by atoms with van der Waals surface area (Å²) in [4.78, 5) is 43.7. The minimum Gasteiger partial charge on any atom is -0.497 e. The van der Waals surface area contributed by atoms with Crippen LogP contribution in [-0.2, 0) is 4.79 Å². The van der Waals surface area contributed by atoms with Gasteiger partial charge in [-0.15, -0.1) is 0 Å². The monoisotopic (exact) mass is 482 g/mol. The molecule has 0 aromatic heterocycles. The number of imide groups is 1. The summed E-state index contributed by atoms with van der Waals surface area (Å²) in [6.07, 6.45) is 0. The highest BCUT2D eigenvalue weighted by Gasteiger charge is 2.56. The molecule has 0 unspecified atom stereocenters. The number of anilines is 1. The second-order valence-electron chi connectivity index (χ2n) is 8.54. The average molecular weight is 483 g/mol. The number of carbonyl (C=O) groups is 3. The molecule has 7 heteroatoms. The molecule has 0 aliphatic carbocycles. The summed E-state index contributed by atoms with van der Waals surface area (Å²) in [5, 5.41) is 2.00. The molecule has 4 aromatic carbocycles. The number of methoxy groups -OCH3 is 1. The number of hydrogen-bond donors (Lipinski definition) is 0. The Bertz CT molecular complexity index is 1460. The summed E-state index contributed by atoms with van der Waals surface area (Å²) in [6, 6.07) is 23.4. The lowest BCUT2D eigenvalue weighted by Gasteiger charge is -2.51. The van der Waals surface area contributed by atoms with E-state index in [4.69, 9.17) is 16.3 Å². The lowest BCUT2D eigenvalue weighted by Crippen LogP contribution is -2.68. The normalized spacial score (nSPS) is 19.2. The fourth-order valence-electron chi connectivity index (χ4n) is 5.05. The first-order valence-corrected chi connectivity index (χ1v) is 11.5. The van der Waals surface area contributed by atoms with Crippen molar-refractivity contribution in [3.05, 3.63) is 107 Å². The van der Waals surface area contributed by atoms with Gasteiger partial charge in [-0.3, -0.25) is 19.3 Å². The lowest BCUT2D eigenvalue weighted by molar-refractivity contribution is -0.130. The Balaban J connectivity index is 1.47. The quantitative estimate of drug-likeness (QED) is 0.294. The third-order valence-corrected chi connectivity index (χ3v) is 6.96. The van der Waals surface area contributed by atoms with Crippen LogP contribution in [0.2, 0.25) is 5.02 Å². The number of nitrogens with zero attached hydrogens (tertiary/aromatic N) is 2. The molecule has 2 heterocycles. The van der Waals surface area contributed by atoms with Crippen molar-refractivity contribution in [2.45, 2.75) is 12.1 Å². The average Bonchev–Trinajstić information content (AvgIpc) is 2.89. The van der Waals surface area contributed by atoms with E-state index in [-0.39, 0.29) is 5.91 Å². The molecule has 2 aliphatic heterocycles. The predicted molar refractivity (Wildman–Crippen MR) is 133 cm³/mol. The van der Waals surface area contributed by atoms with E-state index in [0.29, 0.717) is 33.0 Å². The molecule has 6 nitrogen and oxygen atoms in total. The highest BCUT2D eigenvalue weighted by atomic mass is 35.5. The zero-order valence-corrected chi connectivity index (χ0v) is 19.4. The highest BCUT2D eigenvalue weighted by molar-refractivity contribution is 6.30. The Morgan fingerprint density at radius 1 is 0.714 bits per heavy atom. The maximum Gasteiger partial charge on any atom is 0.262 e. The molecule has 2 atom stereocenters. The van der Waals surface area contributed by atoms with Crippen LogP contribution in [0.4, 0.5) is 5.69 Å². The van der Waals surface area contributed by atoms with Crippen LogP contribution in [0.5, 0.6) is 5.75 Å². The Kier molecular flexibility index (Phi) is 4.86. The number of ether oxygens (including phenoxy) is 1. The van der Waals surface area contributed by atoms with Gasteiger partial charge in [0.05, 0.1) is 13.2 Å². The van der Waals surface area contributed by atoms with Gasteiger partial charge in [0.1, 0.15) is 11.8 Å². The number of benzene rings is 4. The molecule has 1 saturated heterocycles. The summed E-state index contributed by atoms with van der Waals surface area (Å²) in [7, 11) is 1.57. The van der Waals surface area contributed by atoms with E-state index < -0.39 is 23.9 Å². The summed E-state index contributed by atoms with van der Waals surface area (Å²) in [5.74, 6) is -0.604. The first kappa shape index (κ1) is 21.4. The Morgan fingerprint density at radius 2 is 1.31 bits per heavy atom. The molecule has 172 valence electrons. The van der Waals surface area contributed by atoms with Crippen LogP contribution in [0.1, 0.15) is 32.3 Å². The van der Waals surface area contributed by atoms with Crippen LogP contribution in [0.15, 0.2) is 84.9 Å². The smallest absolute Gasteiger partial charge is 0.262 e. The van der Waals surface area contributed by atoms with E-state index >= 15 is 0 Å². The van der Waals surface area contributed by atoms with Crippen LogP contribution < -0.4 is 9.64 Å². The van der Waals surface area contributed by atoms with Crippen LogP contribution in [0.3, 0.4) is 0 Å². The lowest BCUT2D eigenvalue weighted by atomic mass is 9.84. The minimum absolute atomic E-state index is 0.330. The summed E-state index contributed by atoms with van der Waals surface area (Å²) in [5.41, 5.74) is 2.26. The predicted octanol–water partition coefficient (Wildman–Crippen LogP) is 5.25. The number of hydrogen-bond acceptors (Lipinski definition) is 4. The van der Waals surface area contributed by atoms with Crippen molar-refractivity contribution in [3.63, 3.8) is 0 Å². The standard InChI is InChI=1S/C28H19ClN2O4/c1-35-20-14-12-19(13-15-20)30-24(17-8-10-18(29)11-9-17)25(28(30)34)31-26(32)21-6-2-4-16-5-3-7-22(23(16)21)27(31)33/h2-15,24-25H,1H3/t24-,25-/m0/s1. The molecule has 1 fully saturated rings. The van der Waals surface area contributed by atoms with Gasteiger partial charge < -0.3 is 9.64 Å². The van der Waals surface area contributed by atoms with Crippen molar-refractivity contribution in [3.8, 4) is 5.75 Å². The van der Waals surface area contributed by atoms with Gasteiger partial charge in [0.25, 0.3) is 17.7 Å². The molecule has 0 radical (unpaired) electrons. The van der Waals surface area contributed by atoms with E-state index in [9.17, 15) is 14.4 Å². The van der Waals surface area contributed by atoms with Gasteiger partial charge in [-0.1, -0.05) is 48.0 Å². The third kappa shape index (κ3) is 3.14. The van der Waals surface area contributed by atoms with Gasteiger partial charge in [0, 0.05) is 27.2 Å². The van der Waals surface area contributed by atoms with Gasteiger partial charge in [-0.2, -0.15) is 0 Å². The molecule has 6 rings (SSSR count). The maximum atomic E-state index is 13.6. The minimum atomic E-state index is -0.984. The Labute approximate surface area is 206 Å². The van der Waals surface area contributed by atoms with Crippen molar-refractivity contribution < 1.29 is 19.1 Å². The fraction of sp³-hybridized carbons (Fsp3) is 0.107. The highest BCUT2D eigenvalue weighted by Crippen LogP contribution is 2.45. The summed E-state index contributed by atoms with van der Waals surface area (Å²) < 4.78 is 5.24. The Morgan fingerprint density at radius 3 is 1.89 bits per heavy atom. The molecule has 0 bridgehead atoms. The zero-order chi connectivity index (χ0) is 24.3. The molecule has 3 amide bonds. The van der Waals surface area contributed by atoms with E-state index in [0.717, 1.165) is 15.8 Å². The molecule has 4 aromatic rings.